The summed E-state index contributed by atoms with van der Waals surface area (Å²) in [7, 11) is 0. The number of nitrogens with one attached hydrogen (secondary N) is 1. The molecule has 2 atom stereocenters. The predicted molar refractivity (Wildman–Crippen MR) is 57.3 cm³/mol. The molecule has 0 spiro atoms. The highest BCUT2D eigenvalue weighted by Crippen LogP contribution is 2.16. The lowest BCUT2D eigenvalue weighted by Crippen LogP contribution is -2.26. The second kappa shape index (κ2) is 7.21. The standard InChI is InChI=1S/C11H23NO2/c1-2-14-9-11(13)7-10-5-3-4-6-12-8-10/h10-13H,2-9H2,1H3. The van der Waals surface area contributed by atoms with E-state index in [9.17, 15) is 5.11 Å². The van der Waals surface area contributed by atoms with Crippen LogP contribution in [0.4, 0.5) is 0 Å². The van der Waals surface area contributed by atoms with Crippen molar-refractivity contribution in [3.8, 4) is 0 Å². The topological polar surface area (TPSA) is 41.5 Å². The highest BCUT2D eigenvalue weighted by Gasteiger charge is 2.16. The van der Waals surface area contributed by atoms with Crippen LogP contribution in [-0.4, -0.2) is 37.5 Å². The Hall–Kier alpha value is -0.120. The maximum atomic E-state index is 9.67. The van der Waals surface area contributed by atoms with E-state index in [1.54, 1.807) is 0 Å². The SMILES string of the molecule is CCOCC(O)CC1CCCCNC1. The van der Waals surface area contributed by atoms with E-state index in [1.165, 1.54) is 19.3 Å². The Kier molecular flexibility index (Phi) is 6.15. The average molecular weight is 201 g/mol. The molecule has 1 rings (SSSR count). The Labute approximate surface area is 86.8 Å². The summed E-state index contributed by atoms with van der Waals surface area (Å²) in [5.74, 6) is 0.632. The molecule has 1 saturated heterocycles. The molecule has 3 heteroatoms. The lowest BCUT2D eigenvalue weighted by Gasteiger charge is -2.18. The van der Waals surface area contributed by atoms with Gasteiger partial charge in [0.15, 0.2) is 0 Å². The van der Waals surface area contributed by atoms with Gasteiger partial charge in [0, 0.05) is 6.61 Å². The molecule has 0 aromatic rings. The van der Waals surface area contributed by atoms with Gasteiger partial charge in [-0.2, -0.15) is 0 Å². The van der Waals surface area contributed by atoms with Gasteiger partial charge in [-0.25, -0.2) is 0 Å². The summed E-state index contributed by atoms with van der Waals surface area (Å²) in [6.45, 7) is 5.34. The van der Waals surface area contributed by atoms with Gasteiger partial charge in [-0.05, 0) is 45.2 Å². The monoisotopic (exact) mass is 201 g/mol. The number of aliphatic hydroxyl groups is 1. The molecule has 3 nitrogen and oxygen atoms in total. The molecular weight excluding hydrogens is 178 g/mol. The largest absolute Gasteiger partial charge is 0.391 e. The summed E-state index contributed by atoms with van der Waals surface area (Å²) in [6, 6.07) is 0. The Morgan fingerprint density at radius 2 is 2.36 bits per heavy atom. The average Bonchev–Trinajstić information content (AvgIpc) is 2.43. The van der Waals surface area contributed by atoms with Gasteiger partial charge in [-0.15, -0.1) is 0 Å². The lowest BCUT2D eigenvalue weighted by atomic mass is 9.97. The maximum absolute atomic E-state index is 9.67. The molecule has 1 heterocycles. The van der Waals surface area contributed by atoms with Crippen molar-refractivity contribution in [2.75, 3.05) is 26.3 Å². The second-order valence-corrected chi connectivity index (χ2v) is 4.11. The van der Waals surface area contributed by atoms with E-state index in [0.29, 0.717) is 19.1 Å². The van der Waals surface area contributed by atoms with Crippen molar-refractivity contribution in [2.45, 2.75) is 38.7 Å². The van der Waals surface area contributed by atoms with Crippen LogP contribution in [0.1, 0.15) is 32.6 Å². The molecule has 0 aromatic carbocycles. The zero-order valence-electron chi connectivity index (χ0n) is 9.17. The number of aliphatic hydroxyl groups excluding tert-OH is 1. The van der Waals surface area contributed by atoms with E-state index in [-0.39, 0.29) is 6.10 Å². The fourth-order valence-corrected chi connectivity index (χ4v) is 2.00. The van der Waals surface area contributed by atoms with Crippen LogP contribution < -0.4 is 5.32 Å². The normalized spacial score (nSPS) is 25.7. The minimum Gasteiger partial charge on any atom is -0.391 e. The quantitative estimate of drug-likeness (QED) is 0.701. The molecule has 1 fully saturated rings. The Morgan fingerprint density at radius 3 is 3.14 bits per heavy atom. The highest BCUT2D eigenvalue weighted by atomic mass is 16.5. The minimum atomic E-state index is -0.278. The maximum Gasteiger partial charge on any atom is 0.0776 e. The fraction of sp³-hybridized carbons (Fsp3) is 1.00. The van der Waals surface area contributed by atoms with Crippen LogP contribution in [0.2, 0.25) is 0 Å². The van der Waals surface area contributed by atoms with Crippen molar-refractivity contribution < 1.29 is 9.84 Å². The summed E-state index contributed by atoms with van der Waals surface area (Å²) in [5.41, 5.74) is 0. The summed E-state index contributed by atoms with van der Waals surface area (Å²) < 4.78 is 5.20. The van der Waals surface area contributed by atoms with Crippen LogP contribution in [0, 0.1) is 5.92 Å². The summed E-state index contributed by atoms with van der Waals surface area (Å²) >= 11 is 0. The van der Waals surface area contributed by atoms with E-state index < -0.39 is 0 Å². The van der Waals surface area contributed by atoms with Crippen LogP contribution in [0.25, 0.3) is 0 Å². The summed E-state index contributed by atoms with van der Waals surface area (Å²) in [4.78, 5) is 0. The molecule has 0 bridgehead atoms. The molecule has 1 aliphatic heterocycles. The number of hydrogen-bond acceptors (Lipinski definition) is 3. The fourth-order valence-electron chi connectivity index (χ4n) is 2.00. The van der Waals surface area contributed by atoms with E-state index in [2.05, 4.69) is 5.32 Å². The third-order valence-corrected chi connectivity index (χ3v) is 2.77. The van der Waals surface area contributed by atoms with E-state index in [0.717, 1.165) is 19.5 Å². The van der Waals surface area contributed by atoms with Gasteiger partial charge in [0.25, 0.3) is 0 Å². The first-order valence-electron chi connectivity index (χ1n) is 5.79. The summed E-state index contributed by atoms with van der Waals surface area (Å²) in [5, 5.41) is 13.1. The van der Waals surface area contributed by atoms with Crippen molar-refractivity contribution in [3.05, 3.63) is 0 Å². The van der Waals surface area contributed by atoms with Gasteiger partial charge in [0.1, 0.15) is 0 Å². The zero-order valence-corrected chi connectivity index (χ0v) is 9.17. The Morgan fingerprint density at radius 1 is 1.50 bits per heavy atom. The molecule has 2 N–H and O–H groups in total. The first-order chi connectivity index (χ1) is 6.83. The Balaban J connectivity index is 2.13. The minimum absolute atomic E-state index is 0.278. The van der Waals surface area contributed by atoms with Gasteiger partial charge in [0.05, 0.1) is 12.7 Å². The molecule has 2 unspecified atom stereocenters. The van der Waals surface area contributed by atoms with E-state index >= 15 is 0 Å². The van der Waals surface area contributed by atoms with Gasteiger partial charge in [-0.1, -0.05) is 6.42 Å². The van der Waals surface area contributed by atoms with Crippen molar-refractivity contribution in [1.29, 1.82) is 0 Å². The van der Waals surface area contributed by atoms with Crippen LogP contribution in [0.5, 0.6) is 0 Å². The van der Waals surface area contributed by atoms with Crippen molar-refractivity contribution in [1.82, 2.24) is 5.32 Å². The van der Waals surface area contributed by atoms with Crippen LogP contribution >= 0.6 is 0 Å². The molecule has 0 radical (unpaired) electrons. The van der Waals surface area contributed by atoms with Crippen LogP contribution in [0.15, 0.2) is 0 Å². The molecule has 0 saturated carbocycles. The molecule has 14 heavy (non-hydrogen) atoms. The Bertz CT molecular complexity index is 133. The predicted octanol–water partition coefficient (Wildman–Crippen LogP) is 1.16. The first kappa shape index (κ1) is 12.0. The molecule has 0 aromatic heterocycles. The molecule has 0 amide bonds. The number of ether oxygens (including phenoxy) is 1. The molecule has 1 aliphatic rings. The number of hydrogen-bond donors (Lipinski definition) is 2. The molecular formula is C11H23NO2. The first-order valence-corrected chi connectivity index (χ1v) is 5.79. The van der Waals surface area contributed by atoms with Crippen LogP contribution in [0.3, 0.4) is 0 Å². The molecule has 0 aliphatic carbocycles. The van der Waals surface area contributed by atoms with Gasteiger partial charge < -0.3 is 15.2 Å². The lowest BCUT2D eigenvalue weighted by molar-refractivity contribution is 0.0288. The molecule has 84 valence electrons. The number of rotatable bonds is 5. The van der Waals surface area contributed by atoms with Crippen molar-refractivity contribution in [2.24, 2.45) is 5.92 Å². The van der Waals surface area contributed by atoms with Crippen molar-refractivity contribution >= 4 is 0 Å². The van der Waals surface area contributed by atoms with Gasteiger partial charge in [0.2, 0.25) is 0 Å². The van der Waals surface area contributed by atoms with E-state index in [1.807, 2.05) is 6.92 Å². The second-order valence-electron chi connectivity index (χ2n) is 4.11. The highest BCUT2D eigenvalue weighted by molar-refractivity contribution is 4.70. The third-order valence-electron chi connectivity index (χ3n) is 2.77. The zero-order chi connectivity index (χ0) is 10.2. The van der Waals surface area contributed by atoms with Gasteiger partial charge in [-0.3, -0.25) is 0 Å². The third kappa shape index (κ3) is 4.94. The van der Waals surface area contributed by atoms with E-state index in [4.69, 9.17) is 4.74 Å². The van der Waals surface area contributed by atoms with Crippen LogP contribution in [-0.2, 0) is 4.74 Å². The summed E-state index contributed by atoms with van der Waals surface area (Å²) in [6.07, 6.45) is 4.42. The van der Waals surface area contributed by atoms with Crippen molar-refractivity contribution in [3.63, 3.8) is 0 Å². The van der Waals surface area contributed by atoms with Gasteiger partial charge >= 0.3 is 0 Å². The smallest absolute Gasteiger partial charge is 0.0776 e.